The molecule has 3 N–H and O–H groups in total. The molecular formula is C32H46F2N4O3S. The van der Waals surface area contributed by atoms with Crippen LogP contribution in [0.3, 0.4) is 0 Å². The quantitative estimate of drug-likeness (QED) is 0.224. The fourth-order valence-electron chi connectivity index (χ4n) is 5.94. The Labute approximate surface area is 253 Å². The number of hydrogen-bond acceptors (Lipinski definition) is 7. The Morgan fingerprint density at radius 2 is 1.67 bits per heavy atom. The van der Waals surface area contributed by atoms with Gasteiger partial charge in [0.1, 0.15) is 12.4 Å². The Morgan fingerprint density at radius 3 is 2.36 bits per heavy atom. The molecule has 2 saturated heterocycles. The highest BCUT2D eigenvalue weighted by atomic mass is 32.2. The van der Waals surface area contributed by atoms with E-state index >= 15 is 0 Å². The van der Waals surface area contributed by atoms with E-state index in [9.17, 15) is 13.6 Å². The van der Waals surface area contributed by atoms with E-state index in [1.807, 2.05) is 56.9 Å². The Bertz CT molecular complexity index is 1200. The van der Waals surface area contributed by atoms with E-state index in [1.54, 1.807) is 12.1 Å². The maximum absolute atomic E-state index is 14.0. The lowest BCUT2D eigenvalue weighted by molar-refractivity contribution is -0.0400. The third-order valence-corrected chi connectivity index (χ3v) is 9.17. The second-order valence-corrected chi connectivity index (χ2v) is 11.9. The van der Waals surface area contributed by atoms with E-state index in [0.717, 1.165) is 43.0 Å². The number of ether oxygens (including phenoxy) is 1. The summed E-state index contributed by atoms with van der Waals surface area (Å²) in [5, 5.41) is 12.2. The molecule has 1 saturated carbocycles. The number of halogens is 2. The van der Waals surface area contributed by atoms with Gasteiger partial charge in [0.25, 0.3) is 11.8 Å². The number of rotatable bonds is 7. The number of amides is 1. The predicted molar refractivity (Wildman–Crippen MR) is 171 cm³/mol. The molecule has 0 radical (unpaired) electrons. The van der Waals surface area contributed by atoms with Crippen LogP contribution in [0.5, 0.6) is 5.75 Å². The second kappa shape index (κ2) is 14.2. The van der Waals surface area contributed by atoms with Gasteiger partial charge in [-0.05, 0) is 67.5 Å². The van der Waals surface area contributed by atoms with Crippen molar-refractivity contribution >= 4 is 40.6 Å². The minimum absolute atomic E-state index is 0.0889. The summed E-state index contributed by atoms with van der Waals surface area (Å²) in [5.41, 5.74) is 4.26. The summed E-state index contributed by atoms with van der Waals surface area (Å²) in [6.07, 6.45) is 4.51. The number of carbonyl (C=O) groups excluding carboxylic acids is 1. The van der Waals surface area contributed by atoms with Gasteiger partial charge in [0.2, 0.25) is 0 Å². The molecule has 232 valence electrons. The lowest BCUT2D eigenvalue weighted by atomic mass is 9.93. The first-order chi connectivity index (χ1) is 20.3. The average Bonchev–Trinajstić information content (AvgIpc) is 3.77. The number of nitrogens with zero attached hydrogens (tertiary/aromatic N) is 2. The third kappa shape index (κ3) is 7.43. The summed E-state index contributed by atoms with van der Waals surface area (Å²) in [7, 11) is 0. The van der Waals surface area contributed by atoms with Gasteiger partial charge in [-0.3, -0.25) is 4.79 Å². The molecule has 1 spiro atoms. The van der Waals surface area contributed by atoms with Crippen molar-refractivity contribution in [3.63, 3.8) is 0 Å². The summed E-state index contributed by atoms with van der Waals surface area (Å²) in [5.74, 6) is -1.65. The minimum atomic E-state index is -2.67. The van der Waals surface area contributed by atoms with E-state index in [4.69, 9.17) is 9.84 Å². The molecule has 4 aliphatic rings. The van der Waals surface area contributed by atoms with Crippen molar-refractivity contribution in [2.24, 2.45) is 5.41 Å². The number of fused-ring (bicyclic) bond motifs is 3. The Kier molecular flexibility index (Phi) is 10.9. The zero-order valence-corrected chi connectivity index (χ0v) is 26.2. The molecule has 1 atom stereocenters. The first kappa shape index (κ1) is 32.2. The molecule has 1 aliphatic carbocycles. The summed E-state index contributed by atoms with van der Waals surface area (Å²) in [4.78, 5) is 17.9. The average molecular weight is 605 g/mol. The van der Waals surface area contributed by atoms with Gasteiger partial charge in [0.15, 0.2) is 0 Å². The van der Waals surface area contributed by atoms with E-state index in [0.29, 0.717) is 28.2 Å². The van der Waals surface area contributed by atoms with Crippen molar-refractivity contribution in [1.82, 2.24) is 0 Å². The Balaban J connectivity index is 0.000000972. The van der Waals surface area contributed by atoms with Crippen LogP contribution in [0.2, 0.25) is 0 Å². The molecule has 3 fully saturated rings. The maximum Gasteiger partial charge on any atom is 0.257 e. The number of nitrogens with one attached hydrogen (secondary N) is 2. The maximum atomic E-state index is 14.0. The van der Waals surface area contributed by atoms with Gasteiger partial charge >= 0.3 is 0 Å². The molecule has 42 heavy (non-hydrogen) atoms. The molecule has 3 heterocycles. The molecule has 1 unspecified atom stereocenters. The topological polar surface area (TPSA) is 77.1 Å². The monoisotopic (exact) mass is 604 g/mol. The summed E-state index contributed by atoms with van der Waals surface area (Å²) >= 11 is 1.43. The summed E-state index contributed by atoms with van der Waals surface area (Å²) < 4.78 is 37.0. The number of aliphatic hydroxyl groups is 1. The van der Waals surface area contributed by atoms with Gasteiger partial charge in [-0.1, -0.05) is 39.6 Å². The lowest BCUT2D eigenvalue weighted by Gasteiger charge is -2.44. The van der Waals surface area contributed by atoms with Crippen LogP contribution in [-0.4, -0.2) is 61.6 Å². The normalized spacial score (nSPS) is 20.9. The van der Waals surface area contributed by atoms with Crippen LogP contribution in [0, 0.1) is 5.41 Å². The van der Waals surface area contributed by atoms with Crippen LogP contribution in [0.4, 0.5) is 31.5 Å². The van der Waals surface area contributed by atoms with Crippen molar-refractivity contribution in [3.8, 4) is 5.75 Å². The molecule has 0 bridgehead atoms. The number of alkyl halides is 2. The third-order valence-electron chi connectivity index (χ3n) is 8.40. The Morgan fingerprint density at radius 1 is 0.976 bits per heavy atom. The van der Waals surface area contributed by atoms with Crippen LogP contribution in [-0.2, 0) is 0 Å². The smallest absolute Gasteiger partial charge is 0.257 e. The van der Waals surface area contributed by atoms with Crippen molar-refractivity contribution in [2.45, 2.75) is 78.2 Å². The van der Waals surface area contributed by atoms with Gasteiger partial charge in [0, 0.05) is 49.6 Å². The number of hydrogen-bond donors (Lipinski definition) is 3. The molecule has 7 nitrogen and oxygen atoms in total. The minimum Gasteiger partial charge on any atom is -0.489 e. The van der Waals surface area contributed by atoms with Gasteiger partial charge in [-0.25, -0.2) is 8.78 Å². The Hall–Kier alpha value is -2.72. The largest absolute Gasteiger partial charge is 0.489 e. The molecule has 10 heteroatoms. The van der Waals surface area contributed by atoms with E-state index in [1.165, 1.54) is 24.8 Å². The predicted octanol–water partition coefficient (Wildman–Crippen LogP) is 7.42. The zero-order valence-electron chi connectivity index (χ0n) is 25.3. The zero-order chi connectivity index (χ0) is 30.3. The highest BCUT2D eigenvalue weighted by Crippen LogP contribution is 2.54. The molecular weight excluding hydrogens is 558 g/mol. The van der Waals surface area contributed by atoms with Gasteiger partial charge in [-0.2, -0.15) is 0 Å². The van der Waals surface area contributed by atoms with Gasteiger partial charge in [0.05, 0.1) is 29.6 Å². The number of benzene rings is 2. The fourth-order valence-corrected chi connectivity index (χ4v) is 6.43. The van der Waals surface area contributed by atoms with E-state index in [2.05, 4.69) is 14.9 Å². The standard InChI is InChI=1S/C28H34F2N4O3S.2C2H6/c29-28(30)9-12-34-21(17-28)18-37-25-4-2-19(15-24(25)34)31-26(36)22-3-1-20(32-38-14-13-35)16-23(22)33-10-7-27(5-6-27)8-11-33;2*1-2/h1-4,15-16,21,32,35H,5-14,17-18H2,(H,31,36);2*1-2H3. The van der Waals surface area contributed by atoms with Gasteiger partial charge in [-0.15, -0.1) is 0 Å². The number of anilines is 4. The first-order valence-electron chi connectivity index (χ1n) is 15.5. The molecule has 1 amide bonds. The molecule has 0 aromatic heterocycles. The second-order valence-electron chi connectivity index (χ2n) is 11.0. The molecule has 6 rings (SSSR count). The fraction of sp³-hybridized carbons (Fsp3) is 0.594. The van der Waals surface area contributed by atoms with Crippen LogP contribution in [0.15, 0.2) is 36.4 Å². The molecule has 2 aromatic rings. The molecule has 3 aliphatic heterocycles. The van der Waals surface area contributed by atoms with Crippen LogP contribution < -0.4 is 24.6 Å². The number of piperidine rings is 2. The van der Waals surface area contributed by atoms with Crippen molar-refractivity contribution in [2.75, 3.05) is 58.4 Å². The highest BCUT2D eigenvalue weighted by Gasteiger charge is 2.45. The summed E-state index contributed by atoms with van der Waals surface area (Å²) in [6, 6.07) is 10.8. The lowest BCUT2D eigenvalue weighted by Crippen LogP contribution is -2.51. The van der Waals surface area contributed by atoms with Crippen LogP contribution in [0.25, 0.3) is 0 Å². The van der Waals surface area contributed by atoms with Crippen LogP contribution in [0.1, 0.15) is 76.6 Å². The van der Waals surface area contributed by atoms with Crippen molar-refractivity contribution < 1.29 is 23.4 Å². The van der Waals surface area contributed by atoms with E-state index < -0.39 is 5.92 Å². The molecule has 2 aromatic carbocycles. The van der Waals surface area contributed by atoms with Crippen molar-refractivity contribution in [3.05, 3.63) is 42.0 Å². The first-order valence-corrected chi connectivity index (χ1v) is 16.4. The van der Waals surface area contributed by atoms with Crippen molar-refractivity contribution in [1.29, 1.82) is 0 Å². The summed E-state index contributed by atoms with van der Waals surface area (Å²) in [6.45, 7) is 10.4. The number of aliphatic hydroxyl groups excluding tert-OH is 1. The highest BCUT2D eigenvalue weighted by molar-refractivity contribution is 8.00. The number of carbonyl (C=O) groups is 1. The van der Waals surface area contributed by atoms with E-state index in [-0.39, 0.29) is 44.5 Å². The van der Waals surface area contributed by atoms with Crippen LogP contribution >= 0.6 is 11.9 Å². The SMILES string of the molecule is CC.CC.O=C(Nc1ccc2c(c1)N1CCC(F)(F)CC1CO2)c1ccc(NSCCO)cc1N1CCC2(CC1)CC2. The van der Waals surface area contributed by atoms with Gasteiger partial charge < -0.3 is 29.7 Å².